The number of Topliss-reactive ketones (excluding diaryl/α,β-unsaturated/α-hetero) is 1. The molecule has 2 rings (SSSR count). The van der Waals surface area contributed by atoms with Gasteiger partial charge in [-0.2, -0.15) is 0 Å². The van der Waals surface area contributed by atoms with Crippen molar-refractivity contribution in [2.24, 2.45) is 0 Å². The molecule has 104 valence electrons. The number of aryl methyl sites for hydroxylation is 1. The molecule has 1 aliphatic heterocycles. The fourth-order valence-electron chi connectivity index (χ4n) is 1.95. The third-order valence-corrected chi connectivity index (χ3v) is 6.27. The van der Waals surface area contributed by atoms with Crippen molar-refractivity contribution in [3.05, 3.63) is 27.1 Å². The quantitative estimate of drug-likeness (QED) is 0.741. The average molecular weight is 300 g/mol. The highest BCUT2D eigenvalue weighted by Gasteiger charge is 2.41. The van der Waals surface area contributed by atoms with E-state index in [2.05, 4.69) is 0 Å². The molecule has 0 radical (unpaired) electrons. The fourth-order valence-corrected chi connectivity index (χ4v) is 4.67. The Labute approximate surface area is 117 Å². The van der Waals surface area contributed by atoms with Gasteiger partial charge in [0.1, 0.15) is 5.00 Å². The second kappa shape index (κ2) is 4.35. The standard InChI is InChI=1S/C12H16N2O3S2/c1-7-8(2)18-12-10(7)11(15)9(6-13(3)4)19(16,17)14(12)5/h6H,1-5H3. The molecule has 1 aromatic rings. The molecule has 1 aromatic heterocycles. The number of thiophene rings is 1. The van der Waals surface area contributed by atoms with Crippen LogP contribution in [-0.2, 0) is 10.0 Å². The summed E-state index contributed by atoms with van der Waals surface area (Å²) < 4.78 is 25.9. The highest BCUT2D eigenvalue weighted by molar-refractivity contribution is 7.98. The van der Waals surface area contributed by atoms with E-state index in [9.17, 15) is 13.2 Å². The summed E-state index contributed by atoms with van der Waals surface area (Å²) in [5.41, 5.74) is 1.37. The molecule has 0 atom stereocenters. The van der Waals surface area contributed by atoms with Crippen LogP contribution < -0.4 is 4.31 Å². The minimum atomic E-state index is -3.75. The minimum Gasteiger partial charge on any atom is -0.382 e. The van der Waals surface area contributed by atoms with E-state index in [1.54, 1.807) is 19.0 Å². The smallest absolute Gasteiger partial charge is 0.270 e. The average Bonchev–Trinajstić information content (AvgIpc) is 2.59. The van der Waals surface area contributed by atoms with Crippen LogP contribution in [0.5, 0.6) is 0 Å². The molecule has 2 heterocycles. The van der Waals surface area contributed by atoms with Crippen molar-refractivity contribution >= 4 is 32.1 Å². The van der Waals surface area contributed by atoms with E-state index in [4.69, 9.17) is 0 Å². The van der Waals surface area contributed by atoms with Crippen LogP contribution >= 0.6 is 11.3 Å². The first-order valence-electron chi connectivity index (χ1n) is 5.69. The maximum absolute atomic E-state index is 12.5. The Kier molecular flexibility index (Phi) is 3.22. The Morgan fingerprint density at radius 1 is 1.26 bits per heavy atom. The molecule has 0 bridgehead atoms. The van der Waals surface area contributed by atoms with Gasteiger partial charge < -0.3 is 4.90 Å². The molecule has 0 saturated carbocycles. The molecule has 0 saturated heterocycles. The number of hydrogen-bond acceptors (Lipinski definition) is 5. The lowest BCUT2D eigenvalue weighted by Crippen LogP contribution is -2.36. The van der Waals surface area contributed by atoms with Crippen LogP contribution in [0.2, 0.25) is 0 Å². The summed E-state index contributed by atoms with van der Waals surface area (Å²) in [6.45, 7) is 3.74. The van der Waals surface area contributed by atoms with Crippen LogP contribution in [0.1, 0.15) is 20.8 Å². The summed E-state index contributed by atoms with van der Waals surface area (Å²) in [6, 6.07) is 0. The summed E-state index contributed by atoms with van der Waals surface area (Å²) >= 11 is 1.34. The van der Waals surface area contributed by atoms with Crippen molar-refractivity contribution in [2.75, 3.05) is 25.4 Å². The number of sulfonamides is 1. The lowest BCUT2D eigenvalue weighted by atomic mass is 10.1. The van der Waals surface area contributed by atoms with Crippen LogP contribution in [0, 0.1) is 13.8 Å². The lowest BCUT2D eigenvalue weighted by Gasteiger charge is -2.26. The van der Waals surface area contributed by atoms with Crippen molar-refractivity contribution in [2.45, 2.75) is 13.8 Å². The van der Waals surface area contributed by atoms with Gasteiger partial charge >= 0.3 is 0 Å². The molecule has 19 heavy (non-hydrogen) atoms. The normalized spacial score (nSPS) is 19.7. The SMILES string of the molecule is Cc1sc2c(c1C)C(=O)C(=CN(C)C)S(=O)(=O)N2C. The number of ketones is 1. The zero-order valence-electron chi connectivity index (χ0n) is 11.5. The van der Waals surface area contributed by atoms with Crippen molar-refractivity contribution < 1.29 is 13.2 Å². The molecule has 0 amide bonds. The van der Waals surface area contributed by atoms with Crippen molar-refractivity contribution in [1.82, 2.24) is 4.90 Å². The van der Waals surface area contributed by atoms with Crippen LogP contribution in [0.15, 0.2) is 11.1 Å². The number of rotatable bonds is 1. The van der Waals surface area contributed by atoms with Gasteiger partial charge in [0, 0.05) is 32.2 Å². The molecule has 0 aliphatic carbocycles. The second-order valence-electron chi connectivity index (χ2n) is 4.72. The second-order valence-corrected chi connectivity index (χ2v) is 7.86. The fraction of sp³-hybridized carbons (Fsp3) is 0.417. The zero-order valence-corrected chi connectivity index (χ0v) is 13.1. The topological polar surface area (TPSA) is 57.7 Å². The molecular formula is C12H16N2O3S2. The van der Waals surface area contributed by atoms with Crippen molar-refractivity contribution in [3.8, 4) is 0 Å². The van der Waals surface area contributed by atoms with E-state index in [0.29, 0.717) is 10.6 Å². The van der Waals surface area contributed by atoms with E-state index < -0.39 is 15.8 Å². The number of carbonyl (C=O) groups is 1. The number of fused-ring (bicyclic) bond motifs is 1. The molecule has 1 aliphatic rings. The van der Waals surface area contributed by atoms with E-state index in [-0.39, 0.29) is 4.91 Å². The predicted octanol–water partition coefficient (Wildman–Crippen LogP) is 1.73. The van der Waals surface area contributed by atoms with Crippen LogP contribution in [0.3, 0.4) is 0 Å². The van der Waals surface area contributed by atoms with Crippen molar-refractivity contribution in [1.29, 1.82) is 0 Å². The Hall–Kier alpha value is -1.34. The van der Waals surface area contributed by atoms with Gasteiger partial charge in [-0.05, 0) is 19.4 Å². The van der Waals surface area contributed by atoms with Crippen LogP contribution in [-0.4, -0.2) is 40.2 Å². The summed E-state index contributed by atoms with van der Waals surface area (Å²) in [6.07, 6.45) is 1.36. The molecule has 0 N–H and O–H groups in total. The van der Waals surface area contributed by atoms with Gasteiger partial charge in [0.05, 0.1) is 5.56 Å². The van der Waals surface area contributed by atoms with Crippen LogP contribution in [0.4, 0.5) is 5.00 Å². The molecular weight excluding hydrogens is 284 g/mol. The van der Waals surface area contributed by atoms with Gasteiger partial charge in [-0.15, -0.1) is 11.3 Å². The lowest BCUT2D eigenvalue weighted by molar-refractivity contribution is 0.104. The highest BCUT2D eigenvalue weighted by atomic mass is 32.2. The number of nitrogens with zero attached hydrogens (tertiary/aromatic N) is 2. The van der Waals surface area contributed by atoms with Gasteiger partial charge in [-0.25, -0.2) is 8.42 Å². The summed E-state index contributed by atoms with van der Waals surface area (Å²) in [4.78, 5) is 14.8. The van der Waals surface area contributed by atoms with Gasteiger partial charge in [0.25, 0.3) is 10.0 Å². The number of allylic oxidation sites excluding steroid dienone is 1. The Morgan fingerprint density at radius 3 is 2.37 bits per heavy atom. The van der Waals surface area contributed by atoms with E-state index in [0.717, 1.165) is 10.4 Å². The third kappa shape index (κ3) is 1.97. The van der Waals surface area contributed by atoms with Gasteiger partial charge in [0.2, 0.25) is 5.78 Å². The molecule has 0 fully saturated rings. The van der Waals surface area contributed by atoms with Gasteiger partial charge in [0.15, 0.2) is 4.91 Å². The Balaban J connectivity index is 2.79. The summed E-state index contributed by atoms with van der Waals surface area (Å²) in [7, 11) is 1.12. The van der Waals surface area contributed by atoms with E-state index in [1.165, 1.54) is 28.9 Å². The first-order chi connectivity index (χ1) is 8.67. The highest BCUT2D eigenvalue weighted by Crippen LogP contribution is 2.42. The molecule has 7 heteroatoms. The molecule has 0 unspecified atom stereocenters. The van der Waals surface area contributed by atoms with Gasteiger partial charge in [-0.1, -0.05) is 0 Å². The minimum absolute atomic E-state index is 0.173. The van der Waals surface area contributed by atoms with E-state index >= 15 is 0 Å². The maximum Gasteiger partial charge on any atom is 0.270 e. The third-order valence-electron chi connectivity index (χ3n) is 3.12. The largest absolute Gasteiger partial charge is 0.382 e. The van der Waals surface area contributed by atoms with Crippen molar-refractivity contribution in [3.63, 3.8) is 0 Å². The summed E-state index contributed by atoms with van der Waals surface area (Å²) in [5, 5.41) is 0.510. The van der Waals surface area contributed by atoms with Gasteiger partial charge in [-0.3, -0.25) is 9.10 Å². The molecule has 0 aromatic carbocycles. The maximum atomic E-state index is 12.5. The Bertz CT molecular complexity index is 684. The zero-order chi connectivity index (χ0) is 14.5. The number of carbonyl (C=O) groups excluding carboxylic acids is 1. The monoisotopic (exact) mass is 300 g/mol. The number of anilines is 1. The summed E-state index contributed by atoms with van der Waals surface area (Å²) in [5.74, 6) is -0.413. The first-order valence-corrected chi connectivity index (χ1v) is 7.95. The number of hydrogen-bond donors (Lipinski definition) is 0. The Morgan fingerprint density at radius 2 is 1.84 bits per heavy atom. The molecule has 5 nitrogen and oxygen atoms in total. The first kappa shape index (κ1) is 14.1. The predicted molar refractivity (Wildman–Crippen MR) is 77.2 cm³/mol. The molecule has 0 spiro atoms. The van der Waals surface area contributed by atoms with Crippen LogP contribution in [0.25, 0.3) is 0 Å². The van der Waals surface area contributed by atoms with E-state index in [1.807, 2.05) is 13.8 Å².